The molecule has 1 fully saturated rings. The predicted octanol–water partition coefficient (Wildman–Crippen LogP) is 3.65. The van der Waals surface area contributed by atoms with Crippen molar-refractivity contribution in [2.45, 2.75) is 18.9 Å². The van der Waals surface area contributed by atoms with E-state index < -0.39 is 5.91 Å². The number of aromatic nitrogens is 1. The minimum atomic E-state index is -0.718. The van der Waals surface area contributed by atoms with Gasteiger partial charge >= 0.3 is 5.91 Å². The van der Waals surface area contributed by atoms with Crippen LogP contribution >= 0.6 is 15.9 Å². The molecule has 1 heterocycles. The number of hydrogen-bond acceptors (Lipinski definition) is 2. The van der Waals surface area contributed by atoms with Crippen LogP contribution < -0.4 is 0 Å². The molecule has 1 saturated carbocycles. The lowest BCUT2D eigenvalue weighted by Gasteiger charge is -2.04. The van der Waals surface area contributed by atoms with E-state index in [0.717, 1.165) is 15.4 Å². The lowest BCUT2D eigenvalue weighted by Crippen LogP contribution is -1.96. The van der Waals surface area contributed by atoms with E-state index in [-0.39, 0.29) is 0 Å². The largest absolute Gasteiger partial charge is 0.344 e. The van der Waals surface area contributed by atoms with Crippen LogP contribution in [0.5, 0.6) is 0 Å². The molecule has 0 aliphatic heterocycles. The molecule has 0 atom stereocenters. The molecule has 5 heteroatoms. The first-order valence-electron chi connectivity index (χ1n) is 5.38. The Kier molecular flexibility index (Phi) is 2.36. The fraction of sp³-hybridized carbons (Fsp3) is 0.250. The first-order valence-corrected chi connectivity index (χ1v) is 6.18. The minimum Gasteiger partial charge on any atom is -0.344 e. The highest BCUT2D eigenvalue weighted by atomic mass is 79.9. The fourth-order valence-corrected chi connectivity index (χ4v) is 2.57. The number of nitroso groups, excluding NO2 is 1. The van der Waals surface area contributed by atoms with Crippen molar-refractivity contribution in [2.24, 2.45) is 5.18 Å². The maximum absolute atomic E-state index is 11.5. The second-order valence-electron chi connectivity index (χ2n) is 4.24. The van der Waals surface area contributed by atoms with Crippen LogP contribution in [0.4, 0.5) is 0 Å². The Morgan fingerprint density at radius 1 is 1.41 bits per heavy atom. The van der Waals surface area contributed by atoms with Crippen LogP contribution in [0.1, 0.15) is 29.2 Å². The molecule has 0 saturated heterocycles. The van der Waals surface area contributed by atoms with Gasteiger partial charge in [0.2, 0.25) is 0 Å². The van der Waals surface area contributed by atoms with E-state index in [4.69, 9.17) is 0 Å². The number of halogens is 1. The van der Waals surface area contributed by atoms with Crippen LogP contribution in [0.15, 0.2) is 34.0 Å². The van der Waals surface area contributed by atoms with Gasteiger partial charge in [-0.3, -0.25) is 4.79 Å². The third kappa shape index (κ3) is 1.70. The molecular weight excluding hydrogens is 284 g/mol. The molecule has 0 N–H and O–H groups in total. The average molecular weight is 293 g/mol. The summed E-state index contributed by atoms with van der Waals surface area (Å²) in [4.78, 5) is 21.9. The Morgan fingerprint density at radius 2 is 2.18 bits per heavy atom. The fourth-order valence-electron chi connectivity index (χ4n) is 2.12. The lowest BCUT2D eigenvalue weighted by molar-refractivity contribution is 0.100. The first kappa shape index (κ1) is 10.7. The van der Waals surface area contributed by atoms with E-state index in [1.807, 2.05) is 18.3 Å². The zero-order valence-corrected chi connectivity index (χ0v) is 10.5. The summed E-state index contributed by atoms with van der Waals surface area (Å²) in [5.41, 5.74) is 1.35. The van der Waals surface area contributed by atoms with Crippen LogP contribution in [-0.2, 0) is 0 Å². The van der Waals surface area contributed by atoms with E-state index in [1.54, 1.807) is 6.07 Å². The Balaban J connectivity index is 2.28. The van der Waals surface area contributed by atoms with Crippen molar-refractivity contribution < 1.29 is 4.79 Å². The minimum absolute atomic E-state index is 0.365. The van der Waals surface area contributed by atoms with Gasteiger partial charge in [0, 0.05) is 27.3 Å². The van der Waals surface area contributed by atoms with E-state index >= 15 is 0 Å². The normalized spacial score (nSPS) is 15.1. The molecule has 1 aromatic heterocycles. The number of amides is 1. The van der Waals surface area contributed by atoms with Crippen LogP contribution in [-0.4, -0.2) is 10.5 Å². The molecule has 0 unspecified atom stereocenters. The third-order valence-corrected chi connectivity index (χ3v) is 3.51. The maximum Gasteiger partial charge on any atom is 0.317 e. The Morgan fingerprint density at radius 3 is 2.82 bits per heavy atom. The quantitative estimate of drug-likeness (QED) is 0.794. The second kappa shape index (κ2) is 3.77. The monoisotopic (exact) mass is 292 g/mol. The number of benzene rings is 1. The maximum atomic E-state index is 11.5. The molecule has 86 valence electrons. The highest BCUT2D eigenvalue weighted by molar-refractivity contribution is 9.10. The van der Waals surface area contributed by atoms with Crippen molar-refractivity contribution >= 4 is 32.7 Å². The molecule has 0 spiro atoms. The molecule has 4 nitrogen and oxygen atoms in total. The van der Waals surface area contributed by atoms with Gasteiger partial charge in [-0.25, -0.2) is 0 Å². The van der Waals surface area contributed by atoms with Gasteiger partial charge in [0.1, 0.15) is 0 Å². The highest BCUT2D eigenvalue weighted by Gasteiger charge is 2.25. The molecule has 1 aliphatic carbocycles. The van der Waals surface area contributed by atoms with Crippen molar-refractivity contribution in [1.82, 2.24) is 4.57 Å². The summed E-state index contributed by atoms with van der Waals surface area (Å²) < 4.78 is 2.94. The SMILES string of the molecule is O=NC(=O)c1cc(Br)cc2c1ccn2C1CC1. The Labute approximate surface area is 106 Å². The van der Waals surface area contributed by atoms with E-state index in [9.17, 15) is 9.70 Å². The summed E-state index contributed by atoms with van der Waals surface area (Å²) in [7, 11) is 0. The van der Waals surface area contributed by atoms with Gasteiger partial charge in [-0.05, 0) is 31.0 Å². The molecule has 17 heavy (non-hydrogen) atoms. The van der Waals surface area contributed by atoms with E-state index in [1.165, 1.54) is 12.8 Å². The standard InChI is InChI=1S/C12H9BrN2O2/c13-7-5-10(12(16)14-17)9-3-4-15(8-1-2-8)11(9)6-7/h3-6,8H,1-2H2. The van der Waals surface area contributed by atoms with Crippen molar-refractivity contribution in [3.63, 3.8) is 0 Å². The van der Waals surface area contributed by atoms with Crippen LogP contribution in [0.25, 0.3) is 10.9 Å². The van der Waals surface area contributed by atoms with Crippen LogP contribution in [0, 0.1) is 4.91 Å². The van der Waals surface area contributed by atoms with Crippen molar-refractivity contribution in [3.8, 4) is 0 Å². The summed E-state index contributed by atoms with van der Waals surface area (Å²) in [6.45, 7) is 0. The van der Waals surface area contributed by atoms with Gasteiger partial charge in [0.05, 0.1) is 11.1 Å². The summed E-state index contributed by atoms with van der Waals surface area (Å²) in [5, 5.41) is 3.30. The summed E-state index contributed by atoms with van der Waals surface area (Å²) >= 11 is 3.36. The number of carbonyl (C=O) groups is 1. The predicted molar refractivity (Wildman–Crippen MR) is 68.0 cm³/mol. The van der Waals surface area contributed by atoms with Gasteiger partial charge in [0.25, 0.3) is 0 Å². The number of nitrogens with zero attached hydrogens (tertiary/aromatic N) is 2. The number of carbonyl (C=O) groups excluding carboxylic acids is 1. The summed E-state index contributed by atoms with van der Waals surface area (Å²) in [6.07, 6.45) is 4.31. The Hall–Kier alpha value is -1.49. The van der Waals surface area contributed by atoms with Crippen LogP contribution in [0.2, 0.25) is 0 Å². The average Bonchev–Trinajstić information content (AvgIpc) is 3.08. The molecular formula is C12H9BrN2O2. The molecule has 1 aliphatic rings. The molecule has 1 amide bonds. The highest BCUT2D eigenvalue weighted by Crippen LogP contribution is 2.39. The van der Waals surface area contributed by atoms with Gasteiger partial charge in [-0.15, -0.1) is 4.91 Å². The van der Waals surface area contributed by atoms with E-state index in [2.05, 4.69) is 25.7 Å². The molecule has 2 aromatic rings. The van der Waals surface area contributed by atoms with Gasteiger partial charge in [-0.2, -0.15) is 0 Å². The molecule has 0 radical (unpaired) electrons. The van der Waals surface area contributed by atoms with Crippen LogP contribution in [0.3, 0.4) is 0 Å². The van der Waals surface area contributed by atoms with Crippen molar-refractivity contribution in [2.75, 3.05) is 0 Å². The molecule has 1 aromatic carbocycles. The smallest absolute Gasteiger partial charge is 0.317 e. The van der Waals surface area contributed by atoms with E-state index in [0.29, 0.717) is 11.6 Å². The van der Waals surface area contributed by atoms with Gasteiger partial charge in [-0.1, -0.05) is 15.9 Å². The second-order valence-corrected chi connectivity index (χ2v) is 5.15. The van der Waals surface area contributed by atoms with Gasteiger partial charge < -0.3 is 4.57 Å². The topological polar surface area (TPSA) is 51.4 Å². The van der Waals surface area contributed by atoms with Gasteiger partial charge in [0.15, 0.2) is 0 Å². The summed E-state index contributed by atoms with van der Waals surface area (Å²) in [6, 6.07) is 6.02. The number of rotatable bonds is 2. The zero-order valence-electron chi connectivity index (χ0n) is 8.89. The first-order chi connectivity index (χ1) is 8.20. The zero-order chi connectivity index (χ0) is 12.0. The lowest BCUT2D eigenvalue weighted by atomic mass is 10.1. The molecule has 3 rings (SSSR count). The third-order valence-electron chi connectivity index (χ3n) is 3.06. The Bertz CT molecular complexity index is 629. The number of hydrogen-bond donors (Lipinski definition) is 0. The van der Waals surface area contributed by atoms with Crippen molar-refractivity contribution in [3.05, 3.63) is 39.3 Å². The summed E-state index contributed by atoms with van der Waals surface area (Å²) in [5.74, 6) is -0.718. The molecule has 0 bridgehead atoms. The number of fused-ring (bicyclic) bond motifs is 1. The van der Waals surface area contributed by atoms with Crippen molar-refractivity contribution in [1.29, 1.82) is 0 Å².